The minimum Gasteiger partial charge on any atom is -0.492 e. The number of rotatable bonds is 6. The van der Waals surface area contributed by atoms with E-state index in [1.165, 1.54) is 0 Å². The molecule has 0 atom stereocenters. The van der Waals surface area contributed by atoms with E-state index in [1.54, 1.807) is 10.7 Å². The highest BCUT2D eigenvalue weighted by atomic mass is 35.5. The Bertz CT molecular complexity index is 500. The van der Waals surface area contributed by atoms with E-state index in [0.29, 0.717) is 18.2 Å². The fourth-order valence-corrected chi connectivity index (χ4v) is 1.70. The average Bonchev–Trinajstić information content (AvgIpc) is 2.78. The summed E-state index contributed by atoms with van der Waals surface area (Å²) in [6.45, 7) is 1.90. The number of benzene rings is 1. The van der Waals surface area contributed by atoms with Crippen LogP contribution in [0.25, 0.3) is 0 Å². The van der Waals surface area contributed by atoms with E-state index < -0.39 is 0 Å². The Morgan fingerprint density at radius 3 is 3.11 bits per heavy atom. The monoisotopic (exact) mass is 266 g/mol. The lowest BCUT2D eigenvalue weighted by Crippen LogP contribution is -2.09. The van der Waals surface area contributed by atoms with Crippen LogP contribution in [0.2, 0.25) is 5.02 Å². The molecule has 0 aliphatic carbocycles. The van der Waals surface area contributed by atoms with Crippen LogP contribution < -0.4 is 10.1 Å². The first-order valence-corrected chi connectivity index (χ1v) is 6.07. The smallest absolute Gasteiger partial charge is 0.120 e. The molecular weight excluding hydrogens is 252 g/mol. The second kappa shape index (κ2) is 6.37. The van der Waals surface area contributed by atoms with Gasteiger partial charge in [-0.05, 0) is 25.2 Å². The number of hydrogen-bond donors (Lipinski definition) is 1. The van der Waals surface area contributed by atoms with Crippen LogP contribution in [0.1, 0.15) is 5.69 Å². The highest BCUT2D eigenvalue weighted by Gasteiger charge is 2.00. The molecule has 2 aromatic rings. The molecule has 18 heavy (non-hydrogen) atoms. The van der Waals surface area contributed by atoms with E-state index in [4.69, 9.17) is 16.3 Å². The summed E-state index contributed by atoms with van der Waals surface area (Å²) < 4.78 is 7.33. The van der Waals surface area contributed by atoms with Crippen molar-refractivity contribution in [1.29, 1.82) is 0 Å². The summed E-state index contributed by atoms with van der Waals surface area (Å²) in [4.78, 5) is 0. The Hall–Kier alpha value is -1.59. The van der Waals surface area contributed by atoms with Gasteiger partial charge >= 0.3 is 0 Å². The quantitative estimate of drug-likeness (QED) is 0.865. The lowest BCUT2D eigenvalue weighted by Gasteiger charge is -2.05. The van der Waals surface area contributed by atoms with Crippen molar-refractivity contribution in [2.75, 3.05) is 13.7 Å². The Kier molecular flexibility index (Phi) is 4.55. The zero-order chi connectivity index (χ0) is 12.8. The minimum atomic E-state index is 0.530. The third-order valence-corrected chi connectivity index (χ3v) is 2.56. The van der Waals surface area contributed by atoms with Gasteiger partial charge in [-0.3, -0.25) is 0 Å². The van der Waals surface area contributed by atoms with Gasteiger partial charge in [0.25, 0.3) is 0 Å². The lowest BCUT2D eigenvalue weighted by atomic mass is 10.3. The third-order valence-electron chi connectivity index (χ3n) is 2.33. The van der Waals surface area contributed by atoms with Crippen LogP contribution in [-0.4, -0.2) is 28.6 Å². The molecule has 1 N–H and O–H groups in total. The highest BCUT2D eigenvalue weighted by molar-refractivity contribution is 6.30. The van der Waals surface area contributed by atoms with Crippen LogP contribution in [0.3, 0.4) is 0 Å². The van der Waals surface area contributed by atoms with E-state index in [0.717, 1.165) is 18.0 Å². The van der Waals surface area contributed by atoms with Crippen molar-refractivity contribution in [1.82, 2.24) is 20.3 Å². The van der Waals surface area contributed by atoms with Crippen LogP contribution >= 0.6 is 11.6 Å². The summed E-state index contributed by atoms with van der Waals surface area (Å²) in [5.74, 6) is 0.762. The zero-order valence-electron chi connectivity index (χ0n) is 10.1. The first-order chi connectivity index (χ1) is 8.78. The second-order valence-corrected chi connectivity index (χ2v) is 4.25. The van der Waals surface area contributed by atoms with Crippen LogP contribution in [0, 0.1) is 0 Å². The molecule has 0 aliphatic heterocycles. The third kappa shape index (κ3) is 3.72. The summed E-state index contributed by atoms with van der Waals surface area (Å²) in [7, 11) is 1.88. The maximum Gasteiger partial charge on any atom is 0.120 e. The zero-order valence-corrected chi connectivity index (χ0v) is 10.9. The second-order valence-electron chi connectivity index (χ2n) is 3.81. The first kappa shape index (κ1) is 12.9. The van der Waals surface area contributed by atoms with Gasteiger partial charge in [-0.25, -0.2) is 4.68 Å². The van der Waals surface area contributed by atoms with Gasteiger partial charge in [-0.15, -0.1) is 5.10 Å². The maximum absolute atomic E-state index is 5.86. The highest BCUT2D eigenvalue weighted by Crippen LogP contribution is 2.16. The maximum atomic E-state index is 5.86. The number of halogens is 1. The molecule has 0 aliphatic rings. The fourth-order valence-electron chi connectivity index (χ4n) is 1.52. The van der Waals surface area contributed by atoms with Gasteiger partial charge in [-0.1, -0.05) is 22.9 Å². The summed E-state index contributed by atoms with van der Waals surface area (Å²) in [6.07, 6.45) is 1.90. The molecule has 96 valence electrons. The van der Waals surface area contributed by atoms with E-state index in [2.05, 4.69) is 15.6 Å². The predicted octanol–water partition coefficient (Wildman–Crippen LogP) is 1.73. The Balaban J connectivity index is 1.81. The van der Waals surface area contributed by atoms with Gasteiger partial charge in [0, 0.05) is 17.8 Å². The number of aromatic nitrogens is 3. The van der Waals surface area contributed by atoms with E-state index in [1.807, 2.05) is 31.4 Å². The minimum absolute atomic E-state index is 0.530. The van der Waals surface area contributed by atoms with Crippen molar-refractivity contribution in [2.24, 2.45) is 0 Å². The SMILES string of the molecule is CNCc1cn(CCOc2cccc(Cl)c2)nn1. The molecule has 0 radical (unpaired) electrons. The normalized spacial score (nSPS) is 10.6. The molecule has 1 aromatic carbocycles. The topological polar surface area (TPSA) is 52.0 Å². The van der Waals surface area contributed by atoms with Crippen molar-refractivity contribution in [3.8, 4) is 5.75 Å². The molecule has 0 unspecified atom stereocenters. The molecular formula is C12H15ClN4O. The molecule has 5 nitrogen and oxygen atoms in total. The number of hydrogen-bond acceptors (Lipinski definition) is 4. The van der Waals surface area contributed by atoms with E-state index >= 15 is 0 Å². The van der Waals surface area contributed by atoms with Crippen molar-refractivity contribution >= 4 is 11.6 Å². The summed E-state index contributed by atoms with van der Waals surface area (Å²) in [6, 6.07) is 7.34. The average molecular weight is 267 g/mol. The molecule has 0 spiro atoms. The van der Waals surface area contributed by atoms with Crippen molar-refractivity contribution in [3.05, 3.63) is 41.2 Å². The van der Waals surface area contributed by atoms with Crippen LogP contribution in [0.4, 0.5) is 0 Å². The fraction of sp³-hybridized carbons (Fsp3) is 0.333. The lowest BCUT2D eigenvalue weighted by molar-refractivity contribution is 0.289. The number of ether oxygens (including phenoxy) is 1. The molecule has 6 heteroatoms. The first-order valence-electron chi connectivity index (χ1n) is 5.70. The Morgan fingerprint density at radius 2 is 2.33 bits per heavy atom. The van der Waals surface area contributed by atoms with Crippen LogP contribution in [0.15, 0.2) is 30.5 Å². The molecule has 0 amide bonds. The van der Waals surface area contributed by atoms with Crippen LogP contribution in [0.5, 0.6) is 5.75 Å². The largest absolute Gasteiger partial charge is 0.492 e. The van der Waals surface area contributed by atoms with E-state index in [9.17, 15) is 0 Å². The number of nitrogens with one attached hydrogen (secondary N) is 1. The molecule has 1 aromatic heterocycles. The van der Waals surface area contributed by atoms with Crippen molar-refractivity contribution in [2.45, 2.75) is 13.1 Å². The number of nitrogens with zero attached hydrogens (tertiary/aromatic N) is 3. The molecule has 0 saturated carbocycles. The van der Waals surface area contributed by atoms with Gasteiger partial charge in [0.05, 0.1) is 12.2 Å². The summed E-state index contributed by atoms with van der Waals surface area (Å²) in [5, 5.41) is 11.7. The summed E-state index contributed by atoms with van der Waals surface area (Å²) >= 11 is 5.86. The van der Waals surface area contributed by atoms with Gasteiger partial charge in [-0.2, -0.15) is 0 Å². The standard InChI is InChI=1S/C12H15ClN4O/c1-14-8-11-9-17(16-15-11)5-6-18-12-4-2-3-10(13)7-12/h2-4,7,9,14H,5-6,8H2,1H3. The Morgan fingerprint density at radius 1 is 1.44 bits per heavy atom. The summed E-state index contributed by atoms with van der Waals surface area (Å²) in [5.41, 5.74) is 0.917. The van der Waals surface area contributed by atoms with Crippen molar-refractivity contribution < 1.29 is 4.74 Å². The Labute approximate surface area is 111 Å². The molecule has 0 saturated heterocycles. The molecule has 2 rings (SSSR count). The van der Waals surface area contributed by atoms with Crippen molar-refractivity contribution in [3.63, 3.8) is 0 Å². The van der Waals surface area contributed by atoms with Gasteiger partial charge in [0.2, 0.25) is 0 Å². The molecule has 0 bridgehead atoms. The van der Waals surface area contributed by atoms with Crippen LogP contribution in [-0.2, 0) is 13.1 Å². The van der Waals surface area contributed by atoms with Gasteiger partial charge in [0.1, 0.15) is 12.4 Å². The molecule has 1 heterocycles. The van der Waals surface area contributed by atoms with Gasteiger partial charge in [0.15, 0.2) is 0 Å². The van der Waals surface area contributed by atoms with E-state index in [-0.39, 0.29) is 0 Å². The molecule has 0 fully saturated rings. The predicted molar refractivity (Wildman–Crippen MR) is 69.7 cm³/mol. The van der Waals surface area contributed by atoms with Gasteiger partial charge < -0.3 is 10.1 Å².